The van der Waals surface area contributed by atoms with Crippen molar-refractivity contribution in [2.75, 3.05) is 18.5 Å². The van der Waals surface area contributed by atoms with Gasteiger partial charge in [0.2, 0.25) is 0 Å². The molecule has 0 spiro atoms. The third-order valence-corrected chi connectivity index (χ3v) is 2.98. The molecule has 0 radical (unpaired) electrons. The summed E-state index contributed by atoms with van der Waals surface area (Å²) < 4.78 is 5.19. The Kier molecular flexibility index (Phi) is 3.46. The molecule has 88 valence electrons. The maximum Gasteiger partial charge on any atom is 0.0996 e. The van der Waals surface area contributed by atoms with Crippen LogP contribution in [-0.4, -0.2) is 30.5 Å². The maximum absolute atomic E-state index is 9.61. The summed E-state index contributed by atoms with van der Waals surface area (Å²) in [4.78, 5) is 0. The van der Waals surface area contributed by atoms with E-state index in [-0.39, 0.29) is 6.04 Å². The zero-order chi connectivity index (χ0) is 11.5. The van der Waals surface area contributed by atoms with Crippen LogP contribution in [0.5, 0.6) is 0 Å². The number of nitrogens with one attached hydrogen (secondary N) is 1. The normalized spacial score (nSPS) is 25.0. The summed E-state index contributed by atoms with van der Waals surface area (Å²) in [6, 6.07) is 8.37. The quantitative estimate of drug-likeness (QED) is 0.820. The molecule has 1 heterocycles. The lowest BCUT2D eigenvalue weighted by molar-refractivity contribution is 0.125. The molecule has 0 amide bonds. The Labute approximate surface area is 96.4 Å². The van der Waals surface area contributed by atoms with E-state index in [1.165, 1.54) is 5.56 Å². The third-order valence-electron chi connectivity index (χ3n) is 2.98. The van der Waals surface area contributed by atoms with Crippen LogP contribution in [0.15, 0.2) is 24.3 Å². The fraction of sp³-hybridized carbons (Fsp3) is 0.538. The van der Waals surface area contributed by atoms with E-state index in [1.54, 1.807) is 0 Å². The van der Waals surface area contributed by atoms with Crippen molar-refractivity contribution in [3.05, 3.63) is 29.8 Å². The predicted octanol–water partition coefficient (Wildman–Crippen LogP) is 1.98. The summed E-state index contributed by atoms with van der Waals surface area (Å²) >= 11 is 0. The zero-order valence-electron chi connectivity index (χ0n) is 9.81. The predicted molar refractivity (Wildman–Crippen MR) is 64.8 cm³/mol. The van der Waals surface area contributed by atoms with Crippen molar-refractivity contribution in [2.45, 2.75) is 31.9 Å². The lowest BCUT2D eigenvalue weighted by atomic mass is 10.0. The van der Waals surface area contributed by atoms with Gasteiger partial charge in [0.05, 0.1) is 25.4 Å². The molecular formula is C13H19NO2. The van der Waals surface area contributed by atoms with Crippen molar-refractivity contribution in [1.82, 2.24) is 0 Å². The number of hydrogen-bond acceptors (Lipinski definition) is 3. The summed E-state index contributed by atoms with van der Waals surface area (Å²) in [6.45, 7) is 5.36. The topological polar surface area (TPSA) is 41.5 Å². The van der Waals surface area contributed by atoms with E-state index in [4.69, 9.17) is 4.74 Å². The zero-order valence-corrected chi connectivity index (χ0v) is 9.81. The van der Waals surface area contributed by atoms with Crippen LogP contribution in [0.4, 0.5) is 5.69 Å². The van der Waals surface area contributed by atoms with Gasteiger partial charge in [-0.05, 0) is 23.6 Å². The Morgan fingerprint density at radius 3 is 2.44 bits per heavy atom. The van der Waals surface area contributed by atoms with Crippen molar-refractivity contribution in [1.29, 1.82) is 0 Å². The van der Waals surface area contributed by atoms with Crippen LogP contribution >= 0.6 is 0 Å². The molecule has 1 aromatic rings. The van der Waals surface area contributed by atoms with E-state index in [9.17, 15) is 5.11 Å². The number of anilines is 1. The molecule has 1 saturated heterocycles. The fourth-order valence-corrected chi connectivity index (χ4v) is 1.86. The second-order valence-corrected chi connectivity index (χ2v) is 4.63. The van der Waals surface area contributed by atoms with Crippen molar-refractivity contribution in [3.8, 4) is 0 Å². The third kappa shape index (κ3) is 2.54. The number of aliphatic hydroxyl groups excluding tert-OH is 1. The van der Waals surface area contributed by atoms with Crippen molar-refractivity contribution >= 4 is 5.69 Å². The van der Waals surface area contributed by atoms with E-state index < -0.39 is 6.10 Å². The Morgan fingerprint density at radius 2 is 1.94 bits per heavy atom. The molecule has 0 aliphatic carbocycles. The summed E-state index contributed by atoms with van der Waals surface area (Å²) in [5.74, 6) is 0.550. The second-order valence-electron chi connectivity index (χ2n) is 4.63. The molecular weight excluding hydrogens is 202 g/mol. The first kappa shape index (κ1) is 11.4. The molecule has 0 saturated carbocycles. The largest absolute Gasteiger partial charge is 0.388 e. The molecule has 3 nitrogen and oxygen atoms in total. The minimum Gasteiger partial charge on any atom is -0.388 e. The maximum atomic E-state index is 9.61. The van der Waals surface area contributed by atoms with E-state index in [1.807, 2.05) is 0 Å². The molecule has 0 unspecified atom stereocenters. The van der Waals surface area contributed by atoms with E-state index in [0.717, 1.165) is 5.69 Å². The van der Waals surface area contributed by atoms with Gasteiger partial charge in [0.25, 0.3) is 0 Å². The first-order valence-electron chi connectivity index (χ1n) is 5.79. The van der Waals surface area contributed by atoms with Crippen LogP contribution in [0.3, 0.4) is 0 Å². The average molecular weight is 221 g/mol. The summed E-state index contributed by atoms with van der Waals surface area (Å²) in [5, 5.41) is 12.9. The Hall–Kier alpha value is -1.06. The van der Waals surface area contributed by atoms with Crippen LogP contribution in [0.2, 0.25) is 0 Å². The van der Waals surface area contributed by atoms with Crippen LogP contribution in [0.25, 0.3) is 0 Å². The van der Waals surface area contributed by atoms with E-state index in [0.29, 0.717) is 19.1 Å². The molecule has 1 fully saturated rings. The van der Waals surface area contributed by atoms with Crippen molar-refractivity contribution in [2.24, 2.45) is 0 Å². The lowest BCUT2D eigenvalue weighted by Crippen LogP contribution is -2.31. The molecule has 2 N–H and O–H groups in total. The van der Waals surface area contributed by atoms with E-state index >= 15 is 0 Å². The van der Waals surface area contributed by atoms with Crippen molar-refractivity contribution < 1.29 is 9.84 Å². The molecule has 2 atom stereocenters. The van der Waals surface area contributed by atoms with Gasteiger partial charge in [-0.15, -0.1) is 0 Å². The van der Waals surface area contributed by atoms with Gasteiger partial charge in [-0.3, -0.25) is 0 Å². The summed E-state index contributed by atoms with van der Waals surface area (Å²) in [5.41, 5.74) is 2.37. The molecule has 16 heavy (non-hydrogen) atoms. The number of aliphatic hydroxyl groups is 1. The molecule has 1 aliphatic rings. The van der Waals surface area contributed by atoms with Gasteiger partial charge in [0.1, 0.15) is 0 Å². The minimum absolute atomic E-state index is 0.0184. The van der Waals surface area contributed by atoms with Crippen LogP contribution in [0.1, 0.15) is 25.3 Å². The van der Waals surface area contributed by atoms with Crippen molar-refractivity contribution in [3.63, 3.8) is 0 Å². The first-order valence-corrected chi connectivity index (χ1v) is 5.79. The number of hydrogen-bond donors (Lipinski definition) is 2. The van der Waals surface area contributed by atoms with Gasteiger partial charge < -0.3 is 15.2 Å². The van der Waals surface area contributed by atoms with Gasteiger partial charge in [0, 0.05) is 5.69 Å². The highest BCUT2D eigenvalue weighted by Crippen LogP contribution is 2.19. The SMILES string of the molecule is CC(C)c1ccc(N[C@@H]2COC[C@H]2O)cc1. The fourth-order valence-electron chi connectivity index (χ4n) is 1.86. The minimum atomic E-state index is -0.398. The van der Waals surface area contributed by atoms with Gasteiger partial charge in [-0.2, -0.15) is 0 Å². The van der Waals surface area contributed by atoms with Gasteiger partial charge >= 0.3 is 0 Å². The van der Waals surface area contributed by atoms with Crippen LogP contribution < -0.4 is 5.32 Å². The summed E-state index contributed by atoms with van der Waals surface area (Å²) in [7, 11) is 0. The highest BCUT2D eigenvalue weighted by molar-refractivity contribution is 5.46. The Balaban J connectivity index is 1.99. The smallest absolute Gasteiger partial charge is 0.0996 e. The Morgan fingerprint density at radius 1 is 1.25 bits per heavy atom. The standard InChI is InChI=1S/C13H19NO2/c1-9(2)10-3-5-11(6-4-10)14-12-7-16-8-13(12)15/h3-6,9,12-15H,7-8H2,1-2H3/t12-,13-/m1/s1. The molecule has 1 aliphatic heterocycles. The van der Waals surface area contributed by atoms with Crippen LogP contribution in [0, 0.1) is 0 Å². The highest BCUT2D eigenvalue weighted by atomic mass is 16.5. The lowest BCUT2D eigenvalue weighted by Gasteiger charge is -2.16. The molecule has 0 bridgehead atoms. The van der Waals surface area contributed by atoms with E-state index in [2.05, 4.69) is 43.4 Å². The number of benzene rings is 1. The van der Waals surface area contributed by atoms with Crippen LogP contribution in [-0.2, 0) is 4.74 Å². The Bertz CT molecular complexity index is 334. The molecule has 2 rings (SSSR count). The highest BCUT2D eigenvalue weighted by Gasteiger charge is 2.25. The van der Waals surface area contributed by atoms with Gasteiger partial charge in [0.15, 0.2) is 0 Å². The monoisotopic (exact) mass is 221 g/mol. The second kappa shape index (κ2) is 4.85. The average Bonchev–Trinajstić information content (AvgIpc) is 2.65. The van der Waals surface area contributed by atoms with Gasteiger partial charge in [-0.1, -0.05) is 26.0 Å². The number of ether oxygens (including phenoxy) is 1. The van der Waals surface area contributed by atoms with Gasteiger partial charge in [-0.25, -0.2) is 0 Å². The molecule has 0 aromatic heterocycles. The molecule has 1 aromatic carbocycles. The first-order chi connectivity index (χ1) is 7.66. The summed E-state index contributed by atoms with van der Waals surface area (Å²) in [6.07, 6.45) is -0.398. The molecule has 3 heteroatoms. The number of rotatable bonds is 3.